The van der Waals surface area contributed by atoms with Crippen LogP contribution in [0.2, 0.25) is 5.15 Å². The molecule has 5 heteroatoms. The molecular weight excluding hydrogens is 238 g/mol. The maximum atomic E-state index is 11.1. The Hall–Kier alpha value is -1.42. The summed E-state index contributed by atoms with van der Waals surface area (Å²) in [5.41, 5.74) is 2.14. The Labute approximate surface area is 103 Å². The summed E-state index contributed by atoms with van der Waals surface area (Å²) in [6.45, 7) is 1.86. The fourth-order valence-electron chi connectivity index (χ4n) is 2.32. The molecule has 1 saturated carbocycles. The molecule has 4 nitrogen and oxygen atoms in total. The Kier molecular flexibility index (Phi) is 2.40. The number of aryl methyl sites for hydroxylation is 1. The molecule has 2 aromatic rings. The van der Waals surface area contributed by atoms with Gasteiger partial charge in [0, 0.05) is 5.92 Å². The number of aldehydes is 1. The number of hydrogen-bond donors (Lipinski definition) is 1. The lowest BCUT2D eigenvalue weighted by Crippen LogP contribution is -2.12. The van der Waals surface area contributed by atoms with Gasteiger partial charge in [-0.1, -0.05) is 18.0 Å². The topological polar surface area (TPSA) is 58.6 Å². The van der Waals surface area contributed by atoms with Gasteiger partial charge in [-0.05, 0) is 19.8 Å². The number of aromatic nitrogens is 3. The molecule has 0 atom stereocenters. The largest absolute Gasteiger partial charge is 0.330 e. The van der Waals surface area contributed by atoms with Gasteiger partial charge in [-0.2, -0.15) is 0 Å². The van der Waals surface area contributed by atoms with Crippen molar-refractivity contribution in [3.8, 4) is 0 Å². The highest BCUT2D eigenvalue weighted by Crippen LogP contribution is 2.40. The Bertz CT molecular complexity index is 601. The molecule has 0 amide bonds. The first-order valence-electron chi connectivity index (χ1n) is 5.71. The lowest BCUT2D eigenvalue weighted by molar-refractivity contribution is 0.112. The van der Waals surface area contributed by atoms with Crippen molar-refractivity contribution in [3.63, 3.8) is 0 Å². The molecule has 1 aliphatic rings. The highest BCUT2D eigenvalue weighted by atomic mass is 35.5. The summed E-state index contributed by atoms with van der Waals surface area (Å²) in [5, 5.41) is 1.16. The van der Waals surface area contributed by atoms with Crippen LogP contribution in [0.15, 0.2) is 0 Å². The van der Waals surface area contributed by atoms with Crippen LogP contribution in [0, 0.1) is 6.92 Å². The molecule has 0 radical (unpaired) electrons. The number of H-pyrrole nitrogens is 1. The molecule has 0 saturated heterocycles. The second-order valence-corrected chi connectivity index (χ2v) is 4.86. The van der Waals surface area contributed by atoms with Gasteiger partial charge in [0.1, 0.15) is 16.6 Å². The summed E-state index contributed by atoms with van der Waals surface area (Å²) in [7, 11) is 0. The third-order valence-electron chi connectivity index (χ3n) is 3.39. The van der Waals surface area contributed by atoms with Crippen molar-refractivity contribution in [1.82, 2.24) is 15.0 Å². The fraction of sp³-hybridized carbons (Fsp3) is 0.417. The molecule has 0 spiro atoms. The zero-order valence-corrected chi connectivity index (χ0v) is 10.2. The lowest BCUT2D eigenvalue weighted by atomic mass is 9.81. The Morgan fingerprint density at radius 1 is 1.41 bits per heavy atom. The van der Waals surface area contributed by atoms with Crippen molar-refractivity contribution in [2.45, 2.75) is 32.1 Å². The van der Waals surface area contributed by atoms with E-state index < -0.39 is 0 Å². The molecule has 0 aliphatic heterocycles. The van der Waals surface area contributed by atoms with E-state index in [1.165, 1.54) is 6.42 Å². The van der Waals surface area contributed by atoms with Crippen LogP contribution in [0.1, 0.15) is 47.1 Å². The predicted octanol–water partition coefficient (Wildman–Crippen LogP) is 3.00. The Balaban J connectivity index is 2.33. The van der Waals surface area contributed by atoms with Crippen molar-refractivity contribution in [2.75, 3.05) is 0 Å². The molecule has 2 aromatic heterocycles. The van der Waals surface area contributed by atoms with Gasteiger partial charge in [0.15, 0.2) is 6.29 Å². The summed E-state index contributed by atoms with van der Waals surface area (Å²) in [5.74, 6) is 1.17. The number of nitrogens with zero attached hydrogens (tertiary/aromatic N) is 2. The van der Waals surface area contributed by atoms with Gasteiger partial charge >= 0.3 is 0 Å². The van der Waals surface area contributed by atoms with Gasteiger partial charge in [0.05, 0.1) is 16.6 Å². The van der Waals surface area contributed by atoms with Gasteiger partial charge in [0.25, 0.3) is 0 Å². The van der Waals surface area contributed by atoms with Crippen LogP contribution < -0.4 is 0 Å². The Morgan fingerprint density at radius 2 is 2.18 bits per heavy atom. The standard InChI is InChI=1S/C12H12ClN3O/c1-6-14-10(7-3-2-4-7)9-8(5-17)11(13)16-12(9)15-6/h5,7H,2-4H2,1H3,(H,14,15,16). The van der Waals surface area contributed by atoms with Crippen LogP contribution in [0.5, 0.6) is 0 Å². The highest BCUT2D eigenvalue weighted by Gasteiger charge is 2.26. The molecule has 2 heterocycles. The van der Waals surface area contributed by atoms with Crippen molar-refractivity contribution >= 4 is 28.9 Å². The molecule has 0 unspecified atom stereocenters. The molecule has 1 fully saturated rings. The van der Waals surface area contributed by atoms with Gasteiger partial charge < -0.3 is 4.98 Å². The predicted molar refractivity (Wildman–Crippen MR) is 65.6 cm³/mol. The van der Waals surface area contributed by atoms with E-state index in [1.54, 1.807) is 0 Å². The van der Waals surface area contributed by atoms with E-state index in [4.69, 9.17) is 11.6 Å². The van der Waals surface area contributed by atoms with Crippen molar-refractivity contribution in [3.05, 3.63) is 22.2 Å². The van der Waals surface area contributed by atoms with E-state index in [0.717, 1.165) is 36.0 Å². The number of carbonyl (C=O) groups excluding carboxylic acids is 1. The van der Waals surface area contributed by atoms with Gasteiger partial charge in [-0.3, -0.25) is 4.79 Å². The van der Waals surface area contributed by atoms with E-state index in [0.29, 0.717) is 22.3 Å². The number of hydrogen-bond acceptors (Lipinski definition) is 3. The zero-order chi connectivity index (χ0) is 12.0. The number of nitrogens with one attached hydrogen (secondary N) is 1. The third-order valence-corrected chi connectivity index (χ3v) is 3.69. The molecule has 0 bridgehead atoms. The monoisotopic (exact) mass is 249 g/mol. The fourth-order valence-corrected chi connectivity index (χ4v) is 2.55. The summed E-state index contributed by atoms with van der Waals surface area (Å²) in [6.07, 6.45) is 4.27. The minimum Gasteiger partial charge on any atom is -0.330 e. The van der Waals surface area contributed by atoms with Gasteiger partial charge in [-0.25, -0.2) is 9.97 Å². The average molecular weight is 250 g/mol. The van der Waals surface area contributed by atoms with Crippen molar-refractivity contribution in [2.24, 2.45) is 0 Å². The number of halogens is 1. The summed E-state index contributed by atoms with van der Waals surface area (Å²) >= 11 is 6.00. The van der Waals surface area contributed by atoms with E-state index in [-0.39, 0.29) is 0 Å². The van der Waals surface area contributed by atoms with Crippen LogP contribution in [0.3, 0.4) is 0 Å². The first-order chi connectivity index (χ1) is 8.20. The van der Waals surface area contributed by atoms with E-state index in [9.17, 15) is 4.79 Å². The number of carbonyl (C=O) groups is 1. The Morgan fingerprint density at radius 3 is 2.76 bits per heavy atom. The molecular formula is C12H12ClN3O. The van der Waals surface area contributed by atoms with Gasteiger partial charge in [0.2, 0.25) is 0 Å². The number of aromatic amines is 1. The van der Waals surface area contributed by atoms with Crippen LogP contribution in [0.4, 0.5) is 0 Å². The molecule has 1 aliphatic carbocycles. The molecule has 1 N–H and O–H groups in total. The highest BCUT2D eigenvalue weighted by molar-refractivity contribution is 6.34. The van der Waals surface area contributed by atoms with E-state index >= 15 is 0 Å². The SMILES string of the molecule is Cc1nc(C2CCC2)c2c(C=O)c(Cl)[nH]c2n1. The second kappa shape index (κ2) is 3.81. The second-order valence-electron chi connectivity index (χ2n) is 4.48. The molecule has 88 valence electrons. The number of rotatable bonds is 2. The van der Waals surface area contributed by atoms with Crippen LogP contribution in [-0.4, -0.2) is 21.2 Å². The molecule has 3 rings (SSSR count). The summed E-state index contributed by atoms with van der Waals surface area (Å²) in [4.78, 5) is 22.8. The van der Waals surface area contributed by atoms with E-state index in [1.807, 2.05) is 6.92 Å². The minimum absolute atomic E-state index is 0.357. The molecule has 0 aromatic carbocycles. The zero-order valence-electron chi connectivity index (χ0n) is 9.46. The first kappa shape index (κ1) is 10.7. The minimum atomic E-state index is 0.357. The lowest BCUT2D eigenvalue weighted by Gasteiger charge is -2.25. The van der Waals surface area contributed by atoms with Crippen LogP contribution >= 0.6 is 11.6 Å². The quantitative estimate of drug-likeness (QED) is 0.833. The average Bonchev–Trinajstić information content (AvgIpc) is 2.50. The molecule has 17 heavy (non-hydrogen) atoms. The van der Waals surface area contributed by atoms with Crippen molar-refractivity contribution in [1.29, 1.82) is 0 Å². The van der Waals surface area contributed by atoms with E-state index in [2.05, 4.69) is 15.0 Å². The maximum absolute atomic E-state index is 11.1. The third kappa shape index (κ3) is 1.55. The smallest absolute Gasteiger partial charge is 0.153 e. The maximum Gasteiger partial charge on any atom is 0.153 e. The number of fused-ring (bicyclic) bond motifs is 1. The first-order valence-corrected chi connectivity index (χ1v) is 6.09. The summed E-state index contributed by atoms with van der Waals surface area (Å²) < 4.78 is 0. The van der Waals surface area contributed by atoms with Crippen molar-refractivity contribution < 1.29 is 4.79 Å². The van der Waals surface area contributed by atoms with Gasteiger partial charge in [-0.15, -0.1) is 0 Å². The van der Waals surface area contributed by atoms with Crippen LogP contribution in [-0.2, 0) is 0 Å². The van der Waals surface area contributed by atoms with Crippen LogP contribution in [0.25, 0.3) is 11.0 Å². The summed E-state index contributed by atoms with van der Waals surface area (Å²) in [6, 6.07) is 0. The normalized spacial score (nSPS) is 16.1.